The van der Waals surface area contributed by atoms with Crippen LogP contribution in [-0.4, -0.2) is 21.2 Å². The first-order chi connectivity index (χ1) is 9.11. The van der Waals surface area contributed by atoms with Gasteiger partial charge in [-0.2, -0.15) is 4.98 Å². The molecule has 0 fully saturated rings. The second-order valence-electron chi connectivity index (χ2n) is 5.01. The molecule has 1 atom stereocenters. The summed E-state index contributed by atoms with van der Waals surface area (Å²) in [5.74, 6) is 1.60. The van der Waals surface area contributed by atoms with Gasteiger partial charge in [-0.15, -0.1) is 0 Å². The zero-order chi connectivity index (χ0) is 13.8. The highest BCUT2D eigenvalue weighted by Crippen LogP contribution is 2.20. The Labute approximate surface area is 113 Å². The van der Waals surface area contributed by atoms with Crippen LogP contribution in [0.3, 0.4) is 0 Å². The van der Waals surface area contributed by atoms with Gasteiger partial charge in [-0.1, -0.05) is 25.9 Å². The van der Waals surface area contributed by atoms with Gasteiger partial charge in [0.2, 0.25) is 11.7 Å². The normalized spacial score (nSPS) is 12.9. The van der Waals surface area contributed by atoms with Crippen molar-refractivity contribution in [2.24, 2.45) is 11.7 Å². The second-order valence-corrected chi connectivity index (χ2v) is 5.01. The highest BCUT2D eigenvalue weighted by molar-refractivity contribution is 5.58. The fourth-order valence-electron chi connectivity index (χ4n) is 1.81. The zero-order valence-corrected chi connectivity index (χ0v) is 11.6. The maximum atomic E-state index is 6.01. The van der Waals surface area contributed by atoms with E-state index in [4.69, 9.17) is 10.3 Å². The third-order valence-electron chi connectivity index (χ3n) is 3.26. The number of hydrogen-bond acceptors (Lipinski definition) is 5. The zero-order valence-electron chi connectivity index (χ0n) is 11.6. The summed E-state index contributed by atoms with van der Waals surface area (Å²) in [7, 11) is 0. The number of hydrogen-bond donors (Lipinski definition) is 1. The van der Waals surface area contributed by atoms with Crippen LogP contribution in [0.25, 0.3) is 11.4 Å². The lowest BCUT2D eigenvalue weighted by Crippen LogP contribution is -2.28. The Morgan fingerprint density at radius 1 is 1.37 bits per heavy atom. The molecule has 5 heteroatoms. The van der Waals surface area contributed by atoms with Gasteiger partial charge in [0, 0.05) is 30.4 Å². The Balaban J connectivity index is 2.21. The molecule has 0 saturated carbocycles. The summed E-state index contributed by atoms with van der Waals surface area (Å²) < 4.78 is 5.28. The fourth-order valence-corrected chi connectivity index (χ4v) is 1.81. The van der Waals surface area contributed by atoms with Gasteiger partial charge in [-0.3, -0.25) is 4.98 Å². The summed E-state index contributed by atoms with van der Waals surface area (Å²) in [6.45, 7) is 6.25. The molecule has 2 rings (SSSR count). The third kappa shape index (κ3) is 3.17. The number of rotatable bonds is 5. The van der Waals surface area contributed by atoms with Gasteiger partial charge in [0.1, 0.15) is 0 Å². The molecule has 0 aromatic carbocycles. The van der Waals surface area contributed by atoms with Gasteiger partial charge >= 0.3 is 0 Å². The van der Waals surface area contributed by atoms with E-state index in [9.17, 15) is 0 Å². The number of nitrogens with zero attached hydrogens (tertiary/aromatic N) is 3. The first-order valence-electron chi connectivity index (χ1n) is 6.63. The quantitative estimate of drug-likeness (QED) is 0.891. The lowest BCUT2D eigenvalue weighted by atomic mass is 10.0. The van der Waals surface area contributed by atoms with Gasteiger partial charge in [-0.05, 0) is 24.0 Å². The molecule has 102 valence electrons. The van der Waals surface area contributed by atoms with Crippen LogP contribution in [0.2, 0.25) is 0 Å². The van der Waals surface area contributed by atoms with Crippen molar-refractivity contribution >= 4 is 0 Å². The molecular formula is C14H20N4O. The first-order valence-corrected chi connectivity index (χ1v) is 6.63. The smallest absolute Gasteiger partial charge is 0.228 e. The molecular weight excluding hydrogens is 240 g/mol. The Bertz CT molecular complexity index is 536. The van der Waals surface area contributed by atoms with E-state index in [1.54, 1.807) is 6.20 Å². The molecule has 2 heterocycles. The fraction of sp³-hybridized carbons (Fsp3) is 0.500. The molecule has 5 nitrogen and oxygen atoms in total. The molecule has 0 aliphatic carbocycles. The van der Waals surface area contributed by atoms with Gasteiger partial charge in [-0.25, -0.2) is 0 Å². The SMILES string of the molecule is CCc1cnccc1-c1noc(CC(N)C(C)C)n1. The van der Waals surface area contributed by atoms with Crippen LogP contribution in [0, 0.1) is 5.92 Å². The lowest BCUT2D eigenvalue weighted by molar-refractivity contribution is 0.353. The molecule has 2 aromatic heterocycles. The predicted molar refractivity (Wildman–Crippen MR) is 73.4 cm³/mol. The van der Waals surface area contributed by atoms with Crippen molar-refractivity contribution in [3.8, 4) is 11.4 Å². The summed E-state index contributed by atoms with van der Waals surface area (Å²) in [5.41, 5.74) is 8.11. The van der Waals surface area contributed by atoms with E-state index in [0.29, 0.717) is 24.1 Å². The van der Waals surface area contributed by atoms with Crippen LogP contribution >= 0.6 is 0 Å². The van der Waals surface area contributed by atoms with Crippen molar-refractivity contribution in [2.75, 3.05) is 0 Å². The summed E-state index contributed by atoms with van der Waals surface area (Å²) in [4.78, 5) is 8.54. The second kappa shape index (κ2) is 5.93. The minimum Gasteiger partial charge on any atom is -0.339 e. The summed E-state index contributed by atoms with van der Waals surface area (Å²) in [6.07, 6.45) is 5.07. The topological polar surface area (TPSA) is 77.8 Å². The van der Waals surface area contributed by atoms with Gasteiger partial charge in [0.25, 0.3) is 0 Å². The standard InChI is InChI=1S/C14H20N4O/c1-4-10-8-16-6-5-11(10)14-17-13(19-18-14)7-12(15)9(2)3/h5-6,8-9,12H,4,7,15H2,1-3H3. The molecule has 19 heavy (non-hydrogen) atoms. The Morgan fingerprint density at radius 3 is 2.84 bits per heavy atom. The van der Waals surface area contributed by atoms with E-state index in [1.807, 2.05) is 12.3 Å². The predicted octanol–water partition coefficient (Wildman–Crippen LogP) is 2.22. The van der Waals surface area contributed by atoms with Gasteiger partial charge < -0.3 is 10.3 Å². The van der Waals surface area contributed by atoms with E-state index < -0.39 is 0 Å². The number of aromatic nitrogens is 3. The van der Waals surface area contributed by atoms with E-state index in [1.165, 1.54) is 0 Å². The summed E-state index contributed by atoms with van der Waals surface area (Å²) in [5, 5.41) is 4.04. The molecule has 0 amide bonds. The highest BCUT2D eigenvalue weighted by Gasteiger charge is 2.16. The Hall–Kier alpha value is -1.75. The molecule has 0 aliphatic heterocycles. The van der Waals surface area contributed by atoms with E-state index >= 15 is 0 Å². The van der Waals surface area contributed by atoms with Gasteiger partial charge in [0.15, 0.2) is 0 Å². The largest absolute Gasteiger partial charge is 0.339 e. The Kier molecular flexibility index (Phi) is 4.27. The molecule has 0 spiro atoms. The monoisotopic (exact) mass is 260 g/mol. The third-order valence-corrected chi connectivity index (χ3v) is 3.26. The minimum absolute atomic E-state index is 0.0383. The molecule has 0 saturated heterocycles. The Morgan fingerprint density at radius 2 is 2.16 bits per heavy atom. The minimum atomic E-state index is 0.0383. The van der Waals surface area contributed by atoms with Crippen molar-refractivity contribution in [2.45, 2.75) is 39.7 Å². The van der Waals surface area contributed by atoms with Crippen molar-refractivity contribution in [1.29, 1.82) is 0 Å². The number of aryl methyl sites for hydroxylation is 1. The molecule has 0 radical (unpaired) electrons. The number of nitrogens with two attached hydrogens (primary N) is 1. The molecule has 2 N–H and O–H groups in total. The van der Waals surface area contributed by atoms with Crippen molar-refractivity contribution < 1.29 is 4.52 Å². The van der Waals surface area contributed by atoms with E-state index in [0.717, 1.165) is 17.5 Å². The maximum absolute atomic E-state index is 6.01. The van der Waals surface area contributed by atoms with Crippen LogP contribution in [-0.2, 0) is 12.8 Å². The van der Waals surface area contributed by atoms with Crippen molar-refractivity contribution in [3.05, 3.63) is 29.9 Å². The van der Waals surface area contributed by atoms with E-state index in [2.05, 4.69) is 35.9 Å². The van der Waals surface area contributed by atoms with Crippen molar-refractivity contribution in [1.82, 2.24) is 15.1 Å². The maximum Gasteiger partial charge on any atom is 0.228 e. The molecule has 1 unspecified atom stereocenters. The van der Waals surface area contributed by atoms with Crippen LogP contribution in [0.1, 0.15) is 32.2 Å². The summed E-state index contributed by atoms with van der Waals surface area (Å²) >= 11 is 0. The highest BCUT2D eigenvalue weighted by atomic mass is 16.5. The number of pyridine rings is 1. The summed E-state index contributed by atoms with van der Waals surface area (Å²) in [6, 6.07) is 1.95. The first kappa shape index (κ1) is 13.7. The van der Waals surface area contributed by atoms with Gasteiger partial charge in [0.05, 0.1) is 0 Å². The van der Waals surface area contributed by atoms with Crippen LogP contribution < -0.4 is 5.73 Å². The average molecular weight is 260 g/mol. The van der Waals surface area contributed by atoms with Crippen molar-refractivity contribution in [3.63, 3.8) is 0 Å². The molecule has 0 aliphatic rings. The molecule has 0 bridgehead atoms. The van der Waals surface area contributed by atoms with Crippen LogP contribution in [0.5, 0.6) is 0 Å². The lowest BCUT2D eigenvalue weighted by Gasteiger charge is -2.11. The van der Waals surface area contributed by atoms with E-state index in [-0.39, 0.29) is 6.04 Å². The molecule has 2 aromatic rings. The van der Waals surface area contributed by atoms with Crippen LogP contribution in [0.15, 0.2) is 23.0 Å². The average Bonchev–Trinajstić information content (AvgIpc) is 2.86. The van der Waals surface area contributed by atoms with Crippen LogP contribution in [0.4, 0.5) is 0 Å².